The number of aryl methyl sites for hydroxylation is 1. The lowest BCUT2D eigenvalue weighted by atomic mass is 10.1. The molecule has 0 atom stereocenters. The zero-order valence-corrected chi connectivity index (χ0v) is 15.6. The van der Waals surface area contributed by atoms with Gasteiger partial charge in [0.1, 0.15) is 17.0 Å². The number of aromatic nitrogens is 1. The Bertz CT molecular complexity index is 1070. The van der Waals surface area contributed by atoms with Gasteiger partial charge in [-0.3, -0.25) is 4.79 Å². The fourth-order valence-electron chi connectivity index (χ4n) is 2.46. The third-order valence-corrected chi connectivity index (χ3v) is 5.22. The maximum Gasteiger partial charge on any atom is 0.261 e. The van der Waals surface area contributed by atoms with Gasteiger partial charge in [-0.1, -0.05) is 35.0 Å². The van der Waals surface area contributed by atoms with Crippen LogP contribution in [0.15, 0.2) is 57.9 Å². The summed E-state index contributed by atoms with van der Waals surface area (Å²) in [5.41, 5.74) is 1.65. The summed E-state index contributed by atoms with van der Waals surface area (Å²) < 4.78 is 28.2. The first-order valence-electron chi connectivity index (χ1n) is 7.60. The lowest BCUT2D eigenvalue weighted by molar-refractivity contribution is 0.102. The van der Waals surface area contributed by atoms with Crippen LogP contribution in [0, 0.1) is 6.92 Å². The minimum absolute atomic E-state index is 0.174. The molecule has 3 aromatic rings. The van der Waals surface area contributed by atoms with E-state index in [4.69, 9.17) is 16.1 Å². The molecule has 0 spiro atoms. The molecule has 0 fully saturated rings. The van der Waals surface area contributed by atoms with E-state index in [1.165, 1.54) is 24.3 Å². The van der Waals surface area contributed by atoms with Crippen LogP contribution in [0.2, 0.25) is 5.02 Å². The van der Waals surface area contributed by atoms with Crippen LogP contribution in [-0.2, 0) is 9.84 Å². The average Bonchev–Trinajstić information content (AvgIpc) is 2.96. The minimum Gasteiger partial charge on any atom is -0.360 e. The van der Waals surface area contributed by atoms with Crippen molar-refractivity contribution in [2.75, 3.05) is 11.6 Å². The molecule has 1 N–H and O–H groups in total. The summed E-state index contributed by atoms with van der Waals surface area (Å²) in [7, 11) is -3.30. The van der Waals surface area contributed by atoms with Gasteiger partial charge in [0.2, 0.25) is 0 Å². The van der Waals surface area contributed by atoms with Crippen molar-refractivity contribution in [2.24, 2.45) is 0 Å². The highest BCUT2D eigenvalue weighted by atomic mass is 35.5. The second-order valence-corrected chi connectivity index (χ2v) is 8.12. The molecule has 26 heavy (non-hydrogen) atoms. The van der Waals surface area contributed by atoms with Gasteiger partial charge in [0.25, 0.3) is 5.91 Å². The summed E-state index contributed by atoms with van der Waals surface area (Å²) in [5, 5.41) is 7.12. The van der Waals surface area contributed by atoms with Gasteiger partial charge in [-0.05, 0) is 37.3 Å². The molecule has 134 valence electrons. The van der Waals surface area contributed by atoms with Crippen LogP contribution in [0.3, 0.4) is 0 Å². The van der Waals surface area contributed by atoms with Crippen LogP contribution in [0.25, 0.3) is 11.3 Å². The maximum absolute atomic E-state index is 12.7. The monoisotopic (exact) mass is 390 g/mol. The predicted molar refractivity (Wildman–Crippen MR) is 99.2 cm³/mol. The van der Waals surface area contributed by atoms with E-state index in [1.807, 2.05) is 0 Å². The molecule has 1 heterocycles. The highest BCUT2D eigenvalue weighted by Gasteiger charge is 2.23. The number of rotatable bonds is 4. The number of nitrogens with zero attached hydrogens (tertiary/aromatic N) is 1. The summed E-state index contributed by atoms with van der Waals surface area (Å²) in [4.78, 5) is 12.9. The number of benzene rings is 2. The Morgan fingerprint density at radius 1 is 1.12 bits per heavy atom. The molecule has 0 aliphatic rings. The third kappa shape index (κ3) is 3.63. The molecular formula is C18H15ClN2O4S. The Hall–Kier alpha value is -2.64. The summed E-state index contributed by atoms with van der Waals surface area (Å²) >= 11 is 6.19. The number of carbonyl (C=O) groups excluding carboxylic acids is 1. The molecular weight excluding hydrogens is 376 g/mol. The SMILES string of the molecule is Cc1onc(-c2ccccc2Cl)c1C(=O)Nc1ccc(S(C)(=O)=O)cc1. The fraction of sp³-hybridized carbons (Fsp3) is 0.111. The Kier molecular flexibility index (Phi) is 4.84. The van der Waals surface area contributed by atoms with Crippen molar-refractivity contribution < 1.29 is 17.7 Å². The number of carbonyl (C=O) groups is 1. The van der Waals surface area contributed by atoms with Crippen molar-refractivity contribution in [2.45, 2.75) is 11.8 Å². The van der Waals surface area contributed by atoms with Crippen molar-refractivity contribution in [3.05, 3.63) is 64.9 Å². The number of anilines is 1. The number of hydrogen-bond acceptors (Lipinski definition) is 5. The average molecular weight is 391 g/mol. The number of hydrogen-bond donors (Lipinski definition) is 1. The molecule has 8 heteroatoms. The van der Waals surface area contributed by atoms with E-state index in [0.717, 1.165) is 6.26 Å². The highest BCUT2D eigenvalue weighted by molar-refractivity contribution is 7.90. The Morgan fingerprint density at radius 3 is 2.38 bits per heavy atom. The van der Waals surface area contributed by atoms with Gasteiger partial charge in [0, 0.05) is 17.5 Å². The van der Waals surface area contributed by atoms with E-state index < -0.39 is 15.7 Å². The summed E-state index contributed by atoms with van der Waals surface area (Å²) in [6, 6.07) is 12.9. The van der Waals surface area contributed by atoms with Gasteiger partial charge in [0.05, 0.1) is 9.92 Å². The van der Waals surface area contributed by atoms with Gasteiger partial charge in [0.15, 0.2) is 9.84 Å². The van der Waals surface area contributed by atoms with Crippen LogP contribution in [0.5, 0.6) is 0 Å². The summed E-state index contributed by atoms with van der Waals surface area (Å²) in [5.74, 6) is -0.0732. The quantitative estimate of drug-likeness (QED) is 0.728. The lowest BCUT2D eigenvalue weighted by Gasteiger charge is -2.07. The zero-order valence-electron chi connectivity index (χ0n) is 14.0. The lowest BCUT2D eigenvalue weighted by Crippen LogP contribution is -2.13. The first-order valence-corrected chi connectivity index (χ1v) is 9.87. The molecule has 0 saturated heterocycles. The van der Waals surface area contributed by atoms with Crippen LogP contribution >= 0.6 is 11.6 Å². The van der Waals surface area contributed by atoms with Crippen molar-refractivity contribution in [1.29, 1.82) is 0 Å². The van der Waals surface area contributed by atoms with E-state index in [-0.39, 0.29) is 10.5 Å². The number of halogens is 1. The molecule has 1 amide bonds. The zero-order chi connectivity index (χ0) is 18.9. The van der Waals surface area contributed by atoms with Gasteiger partial charge < -0.3 is 9.84 Å². The largest absolute Gasteiger partial charge is 0.360 e. The molecule has 3 rings (SSSR count). The Balaban J connectivity index is 1.92. The topological polar surface area (TPSA) is 89.3 Å². The summed E-state index contributed by atoms with van der Waals surface area (Å²) in [6.07, 6.45) is 1.12. The first kappa shape index (κ1) is 18.2. The van der Waals surface area contributed by atoms with E-state index in [1.54, 1.807) is 31.2 Å². The van der Waals surface area contributed by atoms with Gasteiger partial charge >= 0.3 is 0 Å². The molecule has 0 unspecified atom stereocenters. The van der Waals surface area contributed by atoms with Crippen molar-refractivity contribution in [3.63, 3.8) is 0 Å². The molecule has 0 bridgehead atoms. The molecule has 0 saturated carbocycles. The maximum atomic E-state index is 12.7. The number of nitrogens with one attached hydrogen (secondary N) is 1. The van der Waals surface area contributed by atoms with Crippen molar-refractivity contribution in [1.82, 2.24) is 5.16 Å². The summed E-state index contributed by atoms with van der Waals surface area (Å²) in [6.45, 7) is 1.63. The van der Waals surface area contributed by atoms with Gasteiger partial charge in [-0.25, -0.2) is 8.42 Å². The molecule has 6 nitrogen and oxygen atoms in total. The van der Waals surface area contributed by atoms with Crippen LogP contribution in [0.1, 0.15) is 16.1 Å². The third-order valence-electron chi connectivity index (χ3n) is 3.76. The van der Waals surface area contributed by atoms with E-state index in [9.17, 15) is 13.2 Å². The van der Waals surface area contributed by atoms with Crippen molar-refractivity contribution >= 4 is 33.0 Å². The van der Waals surface area contributed by atoms with Gasteiger partial charge in [-0.15, -0.1) is 0 Å². The predicted octanol–water partition coefficient (Wildman–Crippen LogP) is 3.96. The minimum atomic E-state index is -3.30. The second-order valence-electron chi connectivity index (χ2n) is 5.69. The van der Waals surface area contributed by atoms with Gasteiger partial charge in [-0.2, -0.15) is 0 Å². The van der Waals surface area contributed by atoms with Crippen LogP contribution in [-0.4, -0.2) is 25.7 Å². The van der Waals surface area contributed by atoms with E-state index in [0.29, 0.717) is 27.7 Å². The van der Waals surface area contributed by atoms with Crippen LogP contribution in [0.4, 0.5) is 5.69 Å². The Morgan fingerprint density at radius 2 is 1.77 bits per heavy atom. The normalized spacial score (nSPS) is 11.3. The smallest absolute Gasteiger partial charge is 0.261 e. The standard InChI is InChI=1S/C18H15ClN2O4S/c1-11-16(17(21-25-11)14-5-3-4-6-15(14)19)18(22)20-12-7-9-13(10-8-12)26(2,23)24/h3-10H,1-2H3,(H,20,22). The molecule has 2 aromatic carbocycles. The number of amides is 1. The molecule has 1 aromatic heterocycles. The molecule has 0 radical (unpaired) electrons. The second kappa shape index (κ2) is 6.93. The fourth-order valence-corrected chi connectivity index (χ4v) is 3.31. The molecule has 0 aliphatic carbocycles. The highest BCUT2D eigenvalue weighted by Crippen LogP contribution is 2.31. The Labute approximate surface area is 155 Å². The first-order chi connectivity index (χ1) is 12.3. The molecule has 0 aliphatic heterocycles. The van der Waals surface area contributed by atoms with E-state index in [2.05, 4.69) is 10.5 Å². The van der Waals surface area contributed by atoms with Crippen molar-refractivity contribution in [3.8, 4) is 11.3 Å². The van der Waals surface area contributed by atoms with E-state index >= 15 is 0 Å². The van der Waals surface area contributed by atoms with Crippen LogP contribution < -0.4 is 5.32 Å². The number of sulfone groups is 1.